The van der Waals surface area contributed by atoms with Gasteiger partial charge in [0.1, 0.15) is 5.75 Å². The van der Waals surface area contributed by atoms with Gasteiger partial charge in [0.15, 0.2) is 0 Å². The van der Waals surface area contributed by atoms with Gasteiger partial charge in [0.2, 0.25) is 15.9 Å². The van der Waals surface area contributed by atoms with Gasteiger partial charge in [0.05, 0.1) is 36.4 Å². The predicted molar refractivity (Wildman–Crippen MR) is 130 cm³/mol. The molecule has 34 heavy (non-hydrogen) atoms. The molecule has 1 heterocycles. The fourth-order valence-corrected chi connectivity index (χ4v) is 5.25. The summed E-state index contributed by atoms with van der Waals surface area (Å²) in [6.45, 7) is 2.92. The van der Waals surface area contributed by atoms with Crippen molar-refractivity contribution in [2.75, 3.05) is 44.0 Å². The zero-order chi connectivity index (χ0) is 24.6. The third kappa shape index (κ3) is 6.48. The Balaban J connectivity index is 1.66. The van der Waals surface area contributed by atoms with Gasteiger partial charge < -0.3 is 20.1 Å². The quantitative estimate of drug-likeness (QED) is 0.518. The van der Waals surface area contributed by atoms with Crippen LogP contribution in [0.3, 0.4) is 0 Å². The third-order valence-electron chi connectivity index (χ3n) is 5.49. The number of methoxy groups -OCH3 is 1. The summed E-state index contributed by atoms with van der Waals surface area (Å²) in [5, 5.41) is 5.69. The van der Waals surface area contributed by atoms with Crippen LogP contribution in [0.1, 0.15) is 43.0 Å². The van der Waals surface area contributed by atoms with Crippen LogP contribution in [0.5, 0.6) is 5.75 Å². The lowest BCUT2D eigenvalue weighted by Crippen LogP contribution is -2.32. The van der Waals surface area contributed by atoms with Gasteiger partial charge in [-0.15, -0.1) is 0 Å². The van der Waals surface area contributed by atoms with Crippen LogP contribution < -0.4 is 15.4 Å². The number of hydrogen-bond donors (Lipinski definition) is 2. The molecule has 1 fully saturated rings. The number of nitrogens with zero attached hydrogens (tertiary/aromatic N) is 1. The molecule has 2 aromatic rings. The molecule has 1 aliphatic heterocycles. The van der Waals surface area contributed by atoms with Crippen LogP contribution in [0.15, 0.2) is 47.4 Å². The fraction of sp³-hybridized carbons (Fsp3) is 0.417. The molecular weight excluding hydrogens is 458 g/mol. The van der Waals surface area contributed by atoms with E-state index in [-0.39, 0.29) is 24.0 Å². The standard InChI is InChI=1S/C24H31N3O6S/c1-3-33-24(29)18-8-10-19(11-9-18)26-23(28)17-25-21-16-20(12-13-22(21)32-2)34(30,31)27-14-6-4-5-7-15-27/h8-13,16,25H,3-7,14-15,17H2,1-2H3,(H,26,28). The van der Waals surface area contributed by atoms with Crippen LogP contribution in [-0.2, 0) is 19.6 Å². The highest BCUT2D eigenvalue weighted by Crippen LogP contribution is 2.29. The van der Waals surface area contributed by atoms with Crippen molar-refractivity contribution < 1.29 is 27.5 Å². The van der Waals surface area contributed by atoms with Gasteiger partial charge in [-0.25, -0.2) is 13.2 Å². The number of carbonyl (C=O) groups is 2. The molecule has 2 aromatic carbocycles. The molecule has 1 saturated heterocycles. The number of anilines is 2. The molecule has 0 radical (unpaired) electrons. The summed E-state index contributed by atoms with van der Waals surface area (Å²) in [4.78, 5) is 24.3. The normalized spacial score (nSPS) is 14.6. The van der Waals surface area contributed by atoms with E-state index in [4.69, 9.17) is 9.47 Å². The monoisotopic (exact) mass is 489 g/mol. The molecule has 0 spiro atoms. The highest BCUT2D eigenvalue weighted by Gasteiger charge is 2.26. The second-order valence-corrected chi connectivity index (χ2v) is 9.82. The number of carbonyl (C=O) groups excluding carboxylic acids is 2. The molecule has 3 rings (SSSR count). The molecule has 0 atom stereocenters. The minimum absolute atomic E-state index is 0.108. The smallest absolute Gasteiger partial charge is 0.338 e. The Hall–Kier alpha value is -3.11. The lowest BCUT2D eigenvalue weighted by atomic mass is 10.2. The number of benzene rings is 2. The summed E-state index contributed by atoms with van der Waals surface area (Å²) in [6, 6.07) is 11.0. The molecule has 10 heteroatoms. The van der Waals surface area contributed by atoms with E-state index in [1.54, 1.807) is 37.3 Å². The van der Waals surface area contributed by atoms with Crippen molar-refractivity contribution in [2.45, 2.75) is 37.5 Å². The van der Waals surface area contributed by atoms with Crippen molar-refractivity contribution in [2.24, 2.45) is 0 Å². The Morgan fingerprint density at radius 3 is 2.29 bits per heavy atom. The minimum atomic E-state index is -3.64. The number of nitrogens with one attached hydrogen (secondary N) is 2. The Morgan fingerprint density at radius 1 is 1.00 bits per heavy atom. The lowest BCUT2D eigenvalue weighted by Gasteiger charge is -2.21. The molecular formula is C24H31N3O6S. The van der Waals surface area contributed by atoms with Gasteiger partial charge in [-0.1, -0.05) is 12.8 Å². The van der Waals surface area contributed by atoms with E-state index >= 15 is 0 Å². The van der Waals surface area contributed by atoms with Crippen molar-refractivity contribution in [3.8, 4) is 5.75 Å². The maximum Gasteiger partial charge on any atom is 0.338 e. The van der Waals surface area contributed by atoms with Crippen LogP contribution in [0, 0.1) is 0 Å². The van der Waals surface area contributed by atoms with Gasteiger partial charge in [0.25, 0.3) is 0 Å². The number of amides is 1. The molecule has 9 nitrogen and oxygen atoms in total. The molecule has 0 bridgehead atoms. The Labute approximate surface area is 200 Å². The second kappa shape index (κ2) is 11.8. The largest absolute Gasteiger partial charge is 0.495 e. The summed E-state index contributed by atoms with van der Waals surface area (Å²) >= 11 is 0. The van der Waals surface area contributed by atoms with E-state index in [1.807, 2.05) is 0 Å². The van der Waals surface area contributed by atoms with E-state index in [0.717, 1.165) is 25.7 Å². The number of esters is 1. The van der Waals surface area contributed by atoms with Crippen molar-refractivity contribution in [1.29, 1.82) is 0 Å². The summed E-state index contributed by atoms with van der Waals surface area (Å²) in [6.07, 6.45) is 3.76. The van der Waals surface area contributed by atoms with Gasteiger partial charge in [-0.05, 0) is 62.2 Å². The molecule has 2 N–H and O–H groups in total. The van der Waals surface area contributed by atoms with E-state index in [0.29, 0.717) is 35.8 Å². The topological polar surface area (TPSA) is 114 Å². The molecule has 0 saturated carbocycles. The van der Waals surface area contributed by atoms with Crippen LogP contribution >= 0.6 is 0 Å². The van der Waals surface area contributed by atoms with E-state index in [9.17, 15) is 18.0 Å². The van der Waals surface area contributed by atoms with Crippen LogP contribution in [0.4, 0.5) is 11.4 Å². The Kier molecular flexibility index (Phi) is 8.89. The molecule has 184 valence electrons. The minimum Gasteiger partial charge on any atom is -0.495 e. The van der Waals surface area contributed by atoms with Crippen LogP contribution in [0.2, 0.25) is 0 Å². The van der Waals surface area contributed by atoms with Gasteiger partial charge in [-0.3, -0.25) is 4.79 Å². The number of sulfonamides is 1. The maximum atomic E-state index is 13.1. The van der Waals surface area contributed by atoms with Gasteiger partial charge >= 0.3 is 5.97 Å². The van der Waals surface area contributed by atoms with Crippen molar-refractivity contribution in [3.63, 3.8) is 0 Å². The molecule has 1 amide bonds. The Morgan fingerprint density at radius 2 is 1.68 bits per heavy atom. The average Bonchev–Trinajstić information content (AvgIpc) is 3.13. The maximum absolute atomic E-state index is 13.1. The number of ether oxygens (including phenoxy) is 2. The molecule has 1 aliphatic rings. The first-order chi connectivity index (χ1) is 16.3. The second-order valence-electron chi connectivity index (χ2n) is 7.88. The summed E-state index contributed by atoms with van der Waals surface area (Å²) in [5.74, 6) is -0.336. The molecule has 0 aliphatic carbocycles. The third-order valence-corrected chi connectivity index (χ3v) is 7.39. The highest BCUT2D eigenvalue weighted by atomic mass is 32.2. The lowest BCUT2D eigenvalue weighted by molar-refractivity contribution is -0.114. The number of hydrogen-bond acceptors (Lipinski definition) is 7. The van der Waals surface area contributed by atoms with E-state index in [1.165, 1.54) is 23.5 Å². The fourth-order valence-electron chi connectivity index (χ4n) is 3.70. The molecule has 0 unspecified atom stereocenters. The number of rotatable bonds is 9. The van der Waals surface area contributed by atoms with Crippen LogP contribution in [0.25, 0.3) is 0 Å². The average molecular weight is 490 g/mol. The zero-order valence-electron chi connectivity index (χ0n) is 19.5. The Bertz CT molecular complexity index is 1090. The van der Waals surface area contributed by atoms with Gasteiger partial charge in [0, 0.05) is 18.8 Å². The zero-order valence-corrected chi connectivity index (χ0v) is 20.3. The molecule has 0 aromatic heterocycles. The van der Waals surface area contributed by atoms with E-state index in [2.05, 4.69) is 10.6 Å². The summed E-state index contributed by atoms with van der Waals surface area (Å²) in [7, 11) is -2.16. The van der Waals surface area contributed by atoms with Gasteiger partial charge in [-0.2, -0.15) is 4.31 Å². The first kappa shape index (κ1) is 25.5. The van der Waals surface area contributed by atoms with Crippen molar-refractivity contribution in [3.05, 3.63) is 48.0 Å². The van der Waals surface area contributed by atoms with E-state index < -0.39 is 16.0 Å². The summed E-state index contributed by atoms with van der Waals surface area (Å²) < 4.78 is 38.1. The highest BCUT2D eigenvalue weighted by molar-refractivity contribution is 7.89. The first-order valence-electron chi connectivity index (χ1n) is 11.3. The van der Waals surface area contributed by atoms with Crippen LogP contribution in [-0.4, -0.2) is 58.0 Å². The predicted octanol–water partition coefficient (Wildman–Crippen LogP) is 3.49. The first-order valence-corrected chi connectivity index (χ1v) is 12.8. The van der Waals surface area contributed by atoms with Crippen molar-refractivity contribution >= 4 is 33.3 Å². The van der Waals surface area contributed by atoms with Crippen molar-refractivity contribution in [1.82, 2.24) is 4.31 Å². The summed E-state index contributed by atoms with van der Waals surface area (Å²) in [5.41, 5.74) is 1.32. The SMILES string of the molecule is CCOC(=O)c1ccc(NC(=O)CNc2cc(S(=O)(=O)N3CCCCCC3)ccc2OC)cc1.